The van der Waals surface area contributed by atoms with Crippen molar-refractivity contribution in [3.05, 3.63) is 81.4 Å². The number of imidazole rings is 1. The van der Waals surface area contributed by atoms with E-state index in [4.69, 9.17) is 23.2 Å². The highest BCUT2D eigenvalue weighted by molar-refractivity contribution is 6.37. The number of amides is 1. The zero-order chi connectivity index (χ0) is 29.8. The molecule has 2 atom stereocenters. The molecular weight excluding hydrogens is 585 g/mol. The number of aromatic nitrogens is 8. The summed E-state index contributed by atoms with van der Waals surface area (Å²) in [6.07, 6.45) is 7.78. The number of hydrogen-bond donors (Lipinski definition) is 0. The second-order valence-corrected chi connectivity index (χ2v) is 12.6. The maximum absolute atomic E-state index is 14.0. The van der Waals surface area contributed by atoms with Crippen LogP contribution in [-0.2, 0) is 19.5 Å². The van der Waals surface area contributed by atoms with Crippen LogP contribution < -0.4 is 0 Å². The number of carbonyl (C=O) groups is 1. The minimum atomic E-state index is -0.180. The summed E-state index contributed by atoms with van der Waals surface area (Å²) in [7, 11) is 0. The molecule has 2 fully saturated rings. The molecule has 4 heterocycles. The number of carbonyl (C=O) groups excluding carboxylic acids is 1. The van der Waals surface area contributed by atoms with Crippen molar-refractivity contribution in [2.45, 2.75) is 65.6 Å². The van der Waals surface area contributed by atoms with Gasteiger partial charge in [0.1, 0.15) is 17.2 Å². The van der Waals surface area contributed by atoms with Gasteiger partial charge in [-0.3, -0.25) is 9.48 Å². The fraction of sp³-hybridized carbons (Fsp3) is 0.419. The van der Waals surface area contributed by atoms with Gasteiger partial charge in [-0.25, -0.2) is 14.6 Å². The van der Waals surface area contributed by atoms with Gasteiger partial charge in [0.15, 0.2) is 0 Å². The highest BCUT2D eigenvalue weighted by Gasteiger charge is 2.46. The smallest absolute Gasteiger partial charge is 0.293 e. The molecule has 1 saturated carbocycles. The molecule has 3 aromatic heterocycles. The minimum Gasteiger partial charge on any atom is -0.331 e. The third kappa shape index (κ3) is 5.20. The molecule has 1 aliphatic carbocycles. The Labute approximate surface area is 259 Å². The van der Waals surface area contributed by atoms with Gasteiger partial charge in [-0.2, -0.15) is 0 Å². The lowest BCUT2D eigenvalue weighted by Gasteiger charge is -2.27. The van der Waals surface area contributed by atoms with Crippen molar-refractivity contribution in [1.29, 1.82) is 0 Å². The molecule has 10 nitrogen and oxygen atoms in total. The molecular formula is C31H33Cl2N9O. The van der Waals surface area contributed by atoms with Crippen molar-refractivity contribution in [2.75, 3.05) is 6.54 Å². The summed E-state index contributed by atoms with van der Waals surface area (Å²) >= 11 is 13.0. The van der Waals surface area contributed by atoms with Gasteiger partial charge in [-0.1, -0.05) is 41.4 Å². The fourth-order valence-corrected chi connectivity index (χ4v) is 6.96. The molecule has 7 rings (SSSR count). The summed E-state index contributed by atoms with van der Waals surface area (Å²) in [5.74, 6) is 1.65. The van der Waals surface area contributed by atoms with Gasteiger partial charge in [-0.05, 0) is 80.3 Å². The van der Waals surface area contributed by atoms with Crippen molar-refractivity contribution >= 4 is 40.1 Å². The van der Waals surface area contributed by atoms with E-state index in [0.29, 0.717) is 59.4 Å². The molecule has 2 aromatic carbocycles. The predicted molar refractivity (Wildman–Crippen MR) is 165 cm³/mol. The van der Waals surface area contributed by atoms with Crippen LogP contribution in [0.5, 0.6) is 0 Å². The van der Waals surface area contributed by atoms with E-state index in [0.717, 1.165) is 23.1 Å². The fourth-order valence-electron chi connectivity index (χ4n) is 6.41. The average Bonchev–Trinajstić information content (AvgIpc) is 3.28. The largest absolute Gasteiger partial charge is 0.331 e. The zero-order valence-corrected chi connectivity index (χ0v) is 25.9. The Hall–Kier alpha value is -3.76. The number of rotatable bonds is 8. The summed E-state index contributed by atoms with van der Waals surface area (Å²) in [5.41, 5.74) is 5.90. The molecule has 2 unspecified atom stereocenters. The molecule has 1 saturated heterocycles. The highest BCUT2D eigenvalue weighted by atomic mass is 35.5. The van der Waals surface area contributed by atoms with E-state index in [-0.39, 0.29) is 17.8 Å². The maximum Gasteiger partial charge on any atom is 0.293 e. The van der Waals surface area contributed by atoms with Gasteiger partial charge in [0, 0.05) is 13.0 Å². The number of likely N-dealkylation sites (tertiary alicyclic amines) is 1. The Morgan fingerprint density at radius 3 is 2.58 bits per heavy atom. The van der Waals surface area contributed by atoms with Crippen LogP contribution in [0.4, 0.5) is 0 Å². The van der Waals surface area contributed by atoms with Crippen LogP contribution in [0, 0.1) is 25.7 Å². The van der Waals surface area contributed by atoms with Crippen LogP contribution in [-0.4, -0.2) is 62.7 Å². The van der Waals surface area contributed by atoms with Crippen LogP contribution in [0.25, 0.3) is 16.7 Å². The molecule has 5 aromatic rings. The van der Waals surface area contributed by atoms with E-state index in [1.165, 1.54) is 24.0 Å². The van der Waals surface area contributed by atoms with Crippen molar-refractivity contribution in [3.63, 3.8) is 0 Å². The monoisotopic (exact) mass is 617 g/mol. The SMILES string of the molecule is CCc1nc(C(=O)N2CCC(C3CC3)C2Cn2cc(Cn3cnc4cc(C)c(C)cc43)nn2)nn1-c1c(Cl)cccc1Cl. The molecule has 0 spiro atoms. The first-order valence-corrected chi connectivity index (χ1v) is 15.6. The number of fused-ring (bicyclic) bond motifs is 1. The molecule has 0 bridgehead atoms. The Balaban J connectivity index is 1.13. The Morgan fingerprint density at radius 1 is 1.07 bits per heavy atom. The molecule has 222 valence electrons. The standard InChI is InChI=1S/C31H33Cl2N9O/c1-4-28-35-30(37-42(28)29-23(32)6-5-7-24(29)33)31(43)41-11-10-22(20-8-9-20)27(41)16-40-15-21(36-38-40)14-39-17-34-25-12-18(2)19(3)13-26(25)39/h5-7,12-13,15,17,20,22,27H,4,8-11,14,16H2,1-3H3. The van der Waals surface area contributed by atoms with Gasteiger partial charge in [0.25, 0.3) is 5.91 Å². The molecule has 1 amide bonds. The highest BCUT2D eigenvalue weighted by Crippen LogP contribution is 2.45. The third-order valence-electron chi connectivity index (χ3n) is 8.95. The van der Waals surface area contributed by atoms with Crippen LogP contribution in [0.15, 0.2) is 42.9 Å². The molecule has 0 N–H and O–H groups in total. The van der Waals surface area contributed by atoms with E-state index in [2.05, 4.69) is 55.9 Å². The molecule has 1 aliphatic heterocycles. The van der Waals surface area contributed by atoms with Crippen LogP contribution in [0.2, 0.25) is 10.0 Å². The number of benzene rings is 2. The van der Waals surface area contributed by atoms with Crippen LogP contribution in [0.1, 0.15) is 59.5 Å². The van der Waals surface area contributed by atoms with Crippen molar-refractivity contribution in [3.8, 4) is 5.69 Å². The van der Waals surface area contributed by atoms with E-state index < -0.39 is 0 Å². The minimum absolute atomic E-state index is 0.0184. The molecule has 43 heavy (non-hydrogen) atoms. The van der Waals surface area contributed by atoms with Crippen molar-refractivity contribution in [2.24, 2.45) is 11.8 Å². The Morgan fingerprint density at radius 2 is 1.84 bits per heavy atom. The predicted octanol–water partition coefficient (Wildman–Crippen LogP) is 5.68. The van der Waals surface area contributed by atoms with Gasteiger partial charge < -0.3 is 9.47 Å². The summed E-state index contributed by atoms with van der Waals surface area (Å²) in [6, 6.07) is 9.56. The number of halogens is 2. The molecule has 0 radical (unpaired) electrons. The van der Waals surface area contributed by atoms with Crippen LogP contribution in [0.3, 0.4) is 0 Å². The van der Waals surface area contributed by atoms with E-state index >= 15 is 0 Å². The average molecular weight is 619 g/mol. The number of para-hydroxylation sites is 1. The Kier molecular flexibility index (Phi) is 7.21. The second-order valence-electron chi connectivity index (χ2n) is 11.8. The van der Waals surface area contributed by atoms with Gasteiger partial charge >= 0.3 is 0 Å². The van der Waals surface area contributed by atoms with Gasteiger partial charge in [0.2, 0.25) is 5.82 Å². The topological polar surface area (TPSA) is 99.6 Å². The maximum atomic E-state index is 14.0. The summed E-state index contributed by atoms with van der Waals surface area (Å²) in [5, 5.41) is 14.5. The van der Waals surface area contributed by atoms with E-state index in [9.17, 15) is 4.79 Å². The summed E-state index contributed by atoms with van der Waals surface area (Å²) in [4.78, 5) is 25.1. The number of aryl methyl sites for hydroxylation is 3. The third-order valence-corrected chi connectivity index (χ3v) is 9.56. The van der Waals surface area contributed by atoms with Crippen molar-refractivity contribution < 1.29 is 4.79 Å². The first kappa shape index (κ1) is 28.0. The lowest BCUT2D eigenvalue weighted by molar-refractivity contribution is 0.0680. The van der Waals surface area contributed by atoms with E-state index in [1.54, 1.807) is 22.9 Å². The number of nitrogens with zero attached hydrogens (tertiary/aromatic N) is 9. The summed E-state index contributed by atoms with van der Waals surface area (Å²) in [6.45, 7) is 7.99. The number of hydrogen-bond acceptors (Lipinski definition) is 6. The second kappa shape index (κ2) is 11.1. The molecule has 2 aliphatic rings. The van der Waals surface area contributed by atoms with E-state index in [1.807, 2.05) is 29.0 Å². The first-order chi connectivity index (χ1) is 20.8. The van der Waals surface area contributed by atoms with Gasteiger partial charge in [0.05, 0.1) is 52.7 Å². The van der Waals surface area contributed by atoms with Gasteiger partial charge in [-0.15, -0.1) is 10.2 Å². The normalized spacial score (nSPS) is 18.7. The van der Waals surface area contributed by atoms with Crippen molar-refractivity contribution in [1.82, 2.24) is 44.2 Å². The Bertz CT molecular complexity index is 1820. The lowest BCUT2D eigenvalue weighted by atomic mass is 9.95. The van der Waals surface area contributed by atoms with Crippen LogP contribution >= 0.6 is 23.2 Å². The molecule has 12 heteroatoms. The quantitative estimate of drug-likeness (QED) is 0.222. The first-order valence-electron chi connectivity index (χ1n) is 14.8. The summed E-state index contributed by atoms with van der Waals surface area (Å²) < 4.78 is 5.59. The lowest BCUT2D eigenvalue weighted by Crippen LogP contribution is -2.41. The zero-order valence-electron chi connectivity index (χ0n) is 24.4.